The molecule has 1 aliphatic rings. The molecule has 4 atom stereocenters. The van der Waals surface area contributed by atoms with Crippen molar-refractivity contribution >= 4 is 12.0 Å². The lowest BCUT2D eigenvalue weighted by atomic mass is 9.89. The molecule has 3 N–H and O–H groups in total. The van der Waals surface area contributed by atoms with Gasteiger partial charge in [0.2, 0.25) is 0 Å². The number of nitrogens with zero attached hydrogens (tertiary/aromatic N) is 1. The maximum absolute atomic E-state index is 12.2. The van der Waals surface area contributed by atoms with Crippen molar-refractivity contribution in [3.63, 3.8) is 0 Å². The smallest absolute Gasteiger partial charge is 0.325 e. The van der Waals surface area contributed by atoms with Gasteiger partial charge >= 0.3 is 12.0 Å². The number of urea groups is 1. The SMILES string of the molecule is CCCCCCCCN(CCCCCCCC)C[C@@H]1O[C@H](c2ccc(-c3cccc(CNC(=O)NCC(=O)OCC)c3)cc2)O[C@H](c2ccc(CO)cc2)[C@@H]1C. The summed E-state index contributed by atoms with van der Waals surface area (Å²) in [7, 11) is 0. The van der Waals surface area contributed by atoms with Crippen LogP contribution in [0.2, 0.25) is 0 Å². The zero-order valence-corrected chi connectivity index (χ0v) is 34.6. The van der Waals surface area contributed by atoms with E-state index >= 15 is 0 Å². The molecule has 0 spiro atoms. The van der Waals surface area contributed by atoms with E-state index in [1.54, 1.807) is 6.92 Å². The molecule has 2 amide bonds. The second-order valence-electron chi connectivity index (χ2n) is 15.3. The molecule has 0 bridgehead atoms. The molecule has 3 aromatic rings. The molecule has 1 fully saturated rings. The molecule has 0 aromatic heterocycles. The number of aliphatic hydroxyl groups excluding tert-OH is 1. The zero-order chi connectivity index (χ0) is 40.0. The molecule has 9 heteroatoms. The van der Waals surface area contributed by atoms with Gasteiger partial charge in [0.1, 0.15) is 6.54 Å². The maximum atomic E-state index is 12.2. The third-order valence-corrected chi connectivity index (χ3v) is 10.8. The van der Waals surface area contributed by atoms with Crippen molar-refractivity contribution in [1.29, 1.82) is 0 Å². The van der Waals surface area contributed by atoms with E-state index in [0.29, 0.717) is 6.54 Å². The highest BCUT2D eigenvalue weighted by molar-refractivity contribution is 5.80. The Kier molecular flexibility index (Phi) is 20.5. The van der Waals surface area contributed by atoms with Crippen molar-refractivity contribution in [2.75, 3.05) is 32.8 Å². The van der Waals surface area contributed by atoms with E-state index in [2.05, 4.69) is 84.8 Å². The average molecular weight is 772 g/mol. The molecule has 1 saturated heterocycles. The Morgan fingerprint density at radius 2 is 1.34 bits per heavy atom. The highest BCUT2D eigenvalue weighted by Crippen LogP contribution is 2.42. The summed E-state index contributed by atoms with van der Waals surface area (Å²) in [5.41, 5.74) is 5.97. The van der Waals surface area contributed by atoms with Gasteiger partial charge in [-0.3, -0.25) is 4.79 Å². The van der Waals surface area contributed by atoms with Crippen molar-refractivity contribution in [3.05, 3.63) is 95.1 Å². The Morgan fingerprint density at radius 3 is 1.96 bits per heavy atom. The zero-order valence-electron chi connectivity index (χ0n) is 34.6. The van der Waals surface area contributed by atoms with Gasteiger partial charge in [0.05, 0.1) is 25.4 Å². The molecular formula is C47H69N3O6. The number of hydrogen-bond acceptors (Lipinski definition) is 7. The number of benzene rings is 3. The highest BCUT2D eigenvalue weighted by Gasteiger charge is 2.39. The van der Waals surface area contributed by atoms with Crippen LogP contribution < -0.4 is 10.6 Å². The minimum Gasteiger partial charge on any atom is -0.465 e. The van der Waals surface area contributed by atoms with E-state index in [1.807, 2.05) is 24.3 Å². The van der Waals surface area contributed by atoms with Crippen molar-refractivity contribution in [1.82, 2.24) is 15.5 Å². The summed E-state index contributed by atoms with van der Waals surface area (Å²) in [6, 6.07) is 24.2. The first-order valence-corrected chi connectivity index (χ1v) is 21.4. The molecule has 0 aliphatic carbocycles. The van der Waals surface area contributed by atoms with Crippen LogP contribution in [-0.4, -0.2) is 60.9 Å². The van der Waals surface area contributed by atoms with Crippen molar-refractivity contribution in [3.8, 4) is 11.1 Å². The van der Waals surface area contributed by atoms with Crippen LogP contribution in [0.4, 0.5) is 4.79 Å². The van der Waals surface area contributed by atoms with Crippen LogP contribution in [0.15, 0.2) is 72.8 Å². The number of nitrogens with one attached hydrogen (secondary N) is 2. The van der Waals surface area contributed by atoms with E-state index in [4.69, 9.17) is 14.2 Å². The summed E-state index contributed by atoms with van der Waals surface area (Å²) in [6.07, 6.45) is 14.7. The Bertz CT molecular complexity index is 1530. The summed E-state index contributed by atoms with van der Waals surface area (Å²) in [5, 5.41) is 15.1. The maximum Gasteiger partial charge on any atom is 0.325 e. The highest BCUT2D eigenvalue weighted by atomic mass is 16.7. The van der Waals surface area contributed by atoms with Gasteiger partial charge in [-0.2, -0.15) is 0 Å². The van der Waals surface area contributed by atoms with Gasteiger partial charge in [-0.25, -0.2) is 4.79 Å². The van der Waals surface area contributed by atoms with Crippen LogP contribution in [0, 0.1) is 5.92 Å². The molecule has 1 aliphatic heterocycles. The first kappa shape index (κ1) is 44.9. The van der Waals surface area contributed by atoms with Gasteiger partial charge in [-0.15, -0.1) is 0 Å². The topological polar surface area (TPSA) is 109 Å². The molecule has 1 heterocycles. The first-order chi connectivity index (χ1) is 27.3. The van der Waals surface area contributed by atoms with E-state index in [9.17, 15) is 14.7 Å². The largest absolute Gasteiger partial charge is 0.465 e. The van der Waals surface area contributed by atoms with Crippen molar-refractivity contribution < 1.29 is 28.9 Å². The summed E-state index contributed by atoms with van der Waals surface area (Å²) in [6.45, 7) is 12.0. The molecule has 0 unspecified atom stereocenters. The number of esters is 1. The lowest BCUT2D eigenvalue weighted by Gasteiger charge is -2.43. The number of aliphatic hydroxyl groups is 1. The molecule has 56 heavy (non-hydrogen) atoms. The van der Waals surface area contributed by atoms with E-state index in [1.165, 1.54) is 77.0 Å². The summed E-state index contributed by atoms with van der Waals surface area (Å²) < 4.78 is 18.6. The van der Waals surface area contributed by atoms with Crippen molar-refractivity contribution in [2.45, 2.75) is 136 Å². The van der Waals surface area contributed by atoms with Gasteiger partial charge in [-0.05, 0) is 66.7 Å². The van der Waals surface area contributed by atoms with Gasteiger partial charge in [-0.1, -0.05) is 152 Å². The molecule has 0 saturated carbocycles. The number of carbonyl (C=O) groups is 2. The molecular weight excluding hydrogens is 703 g/mol. The summed E-state index contributed by atoms with van der Waals surface area (Å²) in [5.74, 6) is -0.339. The second-order valence-corrected chi connectivity index (χ2v) is 15.3. The standard InChI is InChI=1S/C47H69N3O6/c1-5-8-10-12-14-16-29-50(30-17-15-13-11-9-6-2)34-43-36(4)45(40-23-21-37(35-51)22-24-40)56-46(55-43)41-27-25-39(26-28-41)42-20-18-19-38(31-42)32-48-47(53)49-33-44(52)54-7-3/h18-28,31,36,43,45-46,51H,5-17,29-30,32-35H2,1-4H3,(H2,48,49,53)/t36-,43+,45+,46+/m1/s1. The lowest BCUT2D eigenvalue weighted by Crippen LogP contribution is -2.45. The molecule has 3 aromatic carbocycles. The number of unbranched alkanes of at least 4 members (excludes halogenated alkanes) is 10. The molecule has 4 rings (SSSR count). The van der Waals surface area contributed by atoms with Crippen LogP contribution in [0.25, 0.3) is 11.1 Å². The van der Waals surface area contributed by atoms with Crippen LogP contribution in [-0.2, 0) is 32.2 Å². The monoisotopic (exact) mass is 772 g/mol. The van der Waals surface area contributed by atoms with Crippen LogP contribution in [0.5, 0.6) is 0 Å². The molecule has 9 nitrogen and oxygen atoms in total. The number of amides is 2. The minimum atomic E-state index is -0.527. The third kappa shape index (κ3) is 15.3. The Hall–Kier alpha value is -3.76. The predicted octanol–water partition coefficient (Wildman–Crippen LogP) is 10.0. The third-order valence-electron chi connectivity index (χ3n) is 10.8. The Morgan fingerprint density at radius 1 is 0.714 bits per heavy atom. The molecule has 308 valence electrons. The Balaban J connectivity index is 1.47. The molecule has 0 radical (unpaired) electrons. The van der Waals surface area contributed by atoms with Crippen LogP contribution >= 0.6 is 0 Å². The first-order valence-electron chi connectivity index (χ1n) is 21.4. The van der Waals surface area contributed by atoms with Crippen LogP contribution in [0.3, 0.4) is 0 Å². The van der Waals surface area contributed by atoms with E-state index in [0.717, 1.165) is 53.0 Å². The fourth-order valence-electron chi connectivity index (χ4n) is 7.41. The lowest BCUT2D eigenvalue weighted by molar-refractivity contribution is -0.276. The summed E-state index contributed by atoms with van der Waals surface area (Å²) in [4.78, 5) is 26.5. The fourth-order valence-corrected chi connectivity index (χ4v) is 7.41. The van der Waals surface area contributed by atoms with E-state index in [-0.39, 0.29) is 37.9 Å². The van der Waals surface area contributed by atoms with Crippen molar-refractivity contribution in [2.24, 2.45) is 5.92 Å². The van der Waals surface area contributed by atoms with Gasteiger partial charge < -0.3 is 34.9 Å². The van der Waals surface area contributed by atoms with Gasteiger partial charge in [0.15, 0.2) is 6.29 Å². The van der Waals surface area contributed by atoms with Crippen LogP contribution in [0.1, 0.15) is 139 Å². The normalized spacial score (nSPS) is 18.2. The minimum absolute atomic E-state index is 0.0137. The Labute approximate surface area is 336 Å². The predicted molar refractivity (Wildman–Crippen MR) is 225 cm³/mol. The number of rotatable bonds is 25. The van der Waals surface area contributed by atoms with Gasteiger partial charge in [0, 0.05) is 24.6 Å². The fraction of sp³-hybridized carbons (Fsp3) is 0.574. The average Bonchev–Trinajstić information content (AvgIpc) is 3.22. The quantitative estimate of drug-likeness (QED) is 0.0581. The number of carbonyl (C=O) groups excluding carboxylic acids is 2. The van der Waals surface area contributed by atoms with Gasteiger partial charge in [0.25, 0.3) is 0 Å². The van der Waals surface area contributed by atoms with E-state index < -0.39 is 18.3 Å². The number of hydrogen-bond donors (Lipinski definition) is 3. The summed E-state index contributed by atoms with van der Waals surface area (Å²) >= 11 is 0. The number of ether oxygens (including phenoxy) is 3. The second kappa shape index (κ2) is 25.5.